The molecule has 4 heteroatoms. The van der Waals surface area contributed by atoms with Gasteiger partial charge in [0, 0.05) is 30.6 Å². The molecule has 2 N–H and O–H groups in total. The van der Waals surface area contributed by atoms with Gasteiger partial charge in [-0.3, -0.25) is 0 Å². The minimum absolute atomic E-state index is 0.797. The van der Waals surface area contributed by atoms with Crippen LogP contribution in [0.3, 0.4) is 0 Å². The standard InChI is InChI=1S/C15H19N3O/c1-10-15(18-14(17-10)5-7-16-2)12-3-4-13-11(9-12)6-8-19-13/h3-4,9,16H,5-8H2,1-2H3,(H,17,18). The molecule has 0 unspecified atom stereocenters. The summed E-state index contributed by atoms with van der Waals surface area (Å²) in [6.07, 6.45) is 1.92. The summed E-state index contributed by atoms with van der Waals surface area (Å²) in [6.45, 7) is 3.81. The molecule has 0 atom stereocenters. The van der Waals surface area contributed by atoms with Gasteiger partial charge < -0.3 is 15.0 Å². The van der Waals surface area contributed by atoms with E-state index in [0.717, 1.165) is 49.0 Å². The third-order valence-electron chi connectivity index (χ3n) is 3.51. The van der Waals surface area contributed by atoms with E-state index in [1.54, 1.807) is 0 Å². The zero-order valence-electron chi connectivity index (χ0n) is 11.4. The molecule has 1 aromatic carbocycles. The van der Waals surface area contributed by atoms with Crippen molar-refractivity contribution in [1.82, 2.24) is 15.3 Å². The van der Waals surface area contributed by atoms with Gasteiger partial charge in [-0.15, -0.1) is 0 Å². The molecule has 2 aromatic rings. The molecule has 0 spiro atoms. The van der Waals surface area contributed by atoms with Crippen LogP contribution in [0.15, 0.2) is 18.2 Å². The molecule has 0 fully saturated rings. The van der Waals surface area contributed by atoms with Crippen LogP contribution < -0.4 is 10.1 Å². The van der Waals surface area contributed by atoms with Crippen molar-refractivity contribution in [1.29, 1.82) is 0 Å². The van der Waals surface area contributed by atoms with Crippen molar-refractivity contribution in [2.24, 2.45) is 0 Å². The Bertz CT molecular complexity index is 589. The zero-order chi connectivity index (χ0) is 13.2. The van der Waals surface area contributed by atoms with E-state index < -0.39 is 0 Å². The van der Waals surface area contributed by atoms with E-state index >= 15 is 0 Å². The molecule has 3 rings (SSSR count). The number of aromatic nitrogens is 2. The number of nitrogens with zero attached hydrogens (tertiary/aromatic N) is 1. The van der Waals surface area contributed by atoms with Gasteiger partial charge in [0.15, 0.2) is 0 Å². The first kappa shape index (κ1) is 12.2. The topological polar surface area (TPSA) is 49.9 Å². The van der Waals surface area contributed by atoms with Crippen molar-refractivity contribution in [3.05, 3.63) is 35.3 Å². The van der Waals surface area contributed by atoms with Crippen molar-refractivity contribution < 1.29 is 4.74 Å². The third-order valence-corrected chi connectivity index (χ3v) is 3.51. The summed E-state index contributed by atoms with van der Waals surface area (Å²) in [5, 5.41) is 3.14. The van der Waals surface area contributed by atoms with Crippen LogP contribution in [-0.2, 0) is 12.8 Å². The zero-order valence-corrected chi connectivity index (χ0v) is 11.4. The molecule has 2 heterocycles. The van der Waals surface area contributed by atoms with Gasteiger partial charge in [0.1, 0.15) is 11.6 Å². The van der Waals surface area contributed by atoms with Crippen LogP contribution in [0.4, 0.5) is 0 Å². The molecule has 0 amide bonds. The highest BCUT2D eigenvalue weighted by Crippen LogP contribution is 2.30. The van der Waals surface area contributed by atoms with Crippen LogP contribution in [0.5, 0.6) is 5.75 Å². The van der Waals surface area contributed by atoms with E-state index in [9.17, 15) is 0 Å². The van der Waals surface area contributed by atoms with Crippen LogP contribution in [0.2, 0.25) is 0 Å². The van der Waals surface area contributed by atoms with Gasteiger partial charge in [-0.25, -0.2) is 4.98 Å². The Morgan fingerprint density at radius 1 is 1.42 bits per heavy atom. The van der Waals surface area contributed by atoms with E-state index in [1.165, 1.54) is 11.1 Å². The maximum Gasteiger partial charge on any atom is 0.122 e. The number of H-pyrrole nitrogens is 1. The molecule has 100 valence electrons. The highest BCUT2D eigenvalue weighted by Gasteiger charge is 2.15. The lowest BCUT2D eigenvalue weighted by Crippen LogP contribution is -2.11. The smallest absolute Gasteiger partial charge is 0.122 e. The van der Waals surface area contributed by atoms with E-state index in [1.807, 2.05) is 7.05 Å². The number of rotatable bonds is 4. The summed E-state index contributed by atoms with van der Waals surface area (Å²) < 4.78 is 5.54. The van der Waals surface area contributed by atoms with Gasteiger partial charge >= 0.3 is 0 Å². The molecule has 0 saturated heterocycles. The molecule has 1 aliphatic rings. The molecular formula is C15H19N3O. The molecular weight excluding hydrogens is 238 g/mol. The minimum Gasteiger partial charge on any atom is -0.493 e. The van der Waals surface area contributed by atoms with Crippen molar-refractivity contribution in [3.8, 4) is 17.0 Å². The van der Waals surface area contributed by atoms with Gasteiger partial charge in [-0.2, -0.15) is 0 Å². The van der Waals surface area contributed by atoms with Crippen molar-refractivity contribution in [2.45, 2.75) is 19.8 Å². The first-order valence-corrected chi connectivity index (χ1v) is 6.74. The average Bonchev–Trinajstić information content (AvgIpc) is 3.01. The number of hydrogen-bond acceptors (Lipinski definition) is 3. The fourth-order valence-corrected chi connectivity index (χ4v) is 2.50. The summed E-state index contributed by atoms with van der Waals surface area (Å²) >= 11 is 0. The Kier molecular flexibility index (Phi) is 3.25. The quantitative estimate of drug-likeness (QED) is 0.881. The molecule has 0 radical (unpaired) electrons. The molecule has 1 aromatic heterocycles. The number of likely N-dealkylation sites (N-methyl/N-ethyl adjacent to an activating group) is 1. The molecule has 0 bridgehead atoms. The lowest BCUT2D eigenvalue weighted by Gasteiger charge is -2.02. The van der Waals surface area contributed by atoms with E-state index in [0.29, 0.717) is 0 Å². The van der Waals surface area contributed by atoms with Crippen molar-refractivity contribution >= 4 is 0 Å². The Balaban J connectivity index is 1.91. The molecule has 0 aliphatic carbocycles. The Hall–Kier alpha value is -1.81. The predicted molar refractivity (Wildman–Crippen MR) is 75.6 cm³/mol. The van der Waals surface area contributed by atoms with E-state index in [2.05, 4.69) is 35.4 Å². The Labute approximate surface area is 113 Å². The van der Waals surface area contributed by atoms with Gasteiger partial charge in [-0.1, -0.05) is 0 Å². The largest absolute Gasteiger partial charge is 0.493 e. The lowest BCUT2D eigenvalue weighted by atomic mass is 10.1. The van der Waals surface area contributed by atoms with E-state index in [-0.39, 0.29) is 0 Å². The third kappa shape index (κ3) is 2.36. The predicted octanol–water partition coefficient (Wildman–Crippen LogP) is 2.08. The number of aryl methyl sites for hydroxylation is 1. The Morgan fingerprint density at radius 2 is 2.32 bits per heavy atom. The molecule has 4 nitrogen and oxygen atoms in total. The minimum atomic E-state index is 0.797. The number of fused-ring (bicyclic) bond motifs is 1. The fraction of sp³-hybridized carbons (Fsp3) is 0.400. The summed E-state index contributed by atoms with van der Waals surface area (Å²) in [6, 6.07) is 6.35. The van der Waals surface area contributed by atoms with Crippen LogP contribution in [0, 0.1) is 6.92 Å². The SMILES string of the molecule is CNCCc1nc(-c2ccc3c(c2)CCO3)c(C)[nH]1. The van der Waals surface area contributed by atoms with Crippen LogP contribution in [0.25, 0.3) is 11.3 Å². The van der Waals surface area contributed by atoms with Gasteiger partial charge in [-0.05, 0) is 37.7 Å². The second-order valence-corrected chi connectivity index (χ2v) is 4.93. The van der Waals surface area contributed by atoms with Gasteiger partial charge in [0.05, 0.1) is 12.3 Å². The van der Waals surface area contributed by atoms with Crippen LogP contribution in [0.1, 0.15) is 17.1 Å². The second kappa shape index (κ2) is 5.05. The van der Waals surface area contributed by atoms with Crippen LogP contribution >= 0.6 is 0 Å². The average molecular weight is 257 g/mol. The number of imidazole rings is 1. The number of aromatic amines is 1. The monoisotopic (exact) mass is 257 g/mol. The first-order valence-electron chi connectivity index (χ1n) is 6.74. The van der Waals surface area contributed by atoms with Crippen molar-refractivity contribution in [2.75, 3.05) is 20.2 Å². The summed E-state index contributed by atoms with van der Waals surface area (Å²) in [4.78, 5) is 8.07. The summed E-state index contributed by atoms with van der Waals surface area (Å²) in [5.74, 6) is 2.06. The normalized spacial score (nSPS) is 13.4. The van der Waals surface area contributed by atoms with Gasteiger partial charge in [0.25, 0.3) is 0 Å². The van der Waals surface area contributed by atoms with Crippen molar-refractivity contribution in [3.63, 3.8) is 0 Å². The number of benzene rings is 1. The summed E-state index contributed by atoms with van der Waals surface area (Å²) in [7, 11) is 1.96. The molecule has 1 aliphatic heterocycles. The first-order chi connectivity index (χ1) is 9.28. The lowest BCUT2D eigenvalue weighted by molar-refractivity contribution is 0.357. The fourth-order valence-electron chi connectivity index (χ4n) is 2.50. The van der Waals surface area contributed by atoms with Crippen LogP contribution in [-0.4, -0.2) is 30.2 Å². The number of nitrogens with one attached hydrogen (secondary N) is 2. The molecule has 0 saturated carbocycles. The number of hydrogen-bond donors (Lipinski definition) is 2. The highest BCUT2D eigenvalue weighted by atomic mass is 16.5. The highest BCUT2D eigenvalue weighted by molar-refractivity contribution is 5.65. The second-order valence-electron chi connectivity index (χ2n) is 4.93. The molecule has 19 heavy (non-hydrogen) atoms. The maximum absolute atomic E-state index is 5.54. The summed E-state index contributed by atoms with van der Waals surface area (Å²) in [5.41, 5.74) is 4.65. The van der Waals surface area contributed by atoms with E-state index in [4.69, 9.17) is 9.72 Å². The number of ether oxygens (including phenoxy) is 1. The van der Waals surface area contributed by atoms with Gasteiger partial charge in [0.2, 0.25) is 0 Å². The maximum atomic E-state index is 5.54. The Morgan fingerprint density at radius 3 is 3.16 bits per heavy atom.